The second-order valence-electron chi connectivity index (χ2n) is 7.91. The number of amides is 4. The maximum atomic E-state index is 13.2. The minimum Gasteiger partial charge on any atom is -0.354 e. The van der Waals surface area contributed by atoms with Gasteiger partial charge in [-0.25, -0.2) is 4.79 Å². The molecule has 1 aromatic carbocycles. The van der Waals surface area contributed by atoms with E-state index in [1.54, 1.807) is 6.08 Å². The van der Waals surface area contributed by atoms with E-state index in [1.165, 1.54) is 9.80 Å². The highest BCUT2D eigenvalue weighted by Crippen LogP contribution is 2.36. The number of carbonyl (C=O) groups excluding carboxylic acids is 3. The maximum absolute atomic E-state index is 13.2. The van der Waals surface area contributed by atoms with Crippen LogP contribution in [0, 0.1) is 12.8 Å². The number of benzene rings is 1. The van der Waals surface area contributed by atoms with Crippen molar-refractivity contribution in [2.24, 2.45) is 5.92 Å². The molecule has 2 aliphatic heterocycles. The van der Waals surface area contributed by atoms with E-state index >= 15 is 0 Å². The highest BCUT2D eigenvalue weighted by molar-refractivity contribution is 6.03. The summed E-state index contributed by atoms with van der Waals surface area (Å²) in [7, 11) is 0. The van der Waals surface area contributed by atoms with Crippen LogP contribution in [-0.4, -0.2) is 53.8 Å². The normalized spacial score (nSPS) is 18.8. The third kappa shape index (κ3) is 4.34. The largest absolute Gasteiger partial charge is 0.354 e. The number of nitrogens with zero attached hydrogens (tertiary/aromatic N) is 2. The molecule has 0 aliphatic carbocycles. The van der Waals surface area contributed by atoms with Crippen LogP contribution in [0.1, 0.15) is 31.0 Å². The number of carbonyl (C=O) groups is 3. The number of hydrogen-bond acceptors (Lipinski definition) is 3. The first-order valence-corrected chi connectivity index (χ1v) is 9.86. The lowest BCUT2D eigenvalue weighted by Gasteiger charge is -2.33. The molecular weight excluding hydrogens is 368 g/mol. The zero-order valence-electron chi connectivity index (χ0n) is 17.2. The summed E-state index contributed by atoms with van der Waals surface area (Å²) in [4.78, 5) is 41.2. The molecule has 7 nitrogen and oxygen atoms in total. The summed E-state index contributed by atoms with van der Waals surface area (Å²) in [6.45, 7) is 10.8. The summed E-state index contributed by atoms with van der Waals surface area (Å²) in [5, 5.41) is 5.78. The molecule has 0 radical (unpaired) electrons. The van der Waals surface area contributed by atoms with Gasteiger partial charge in [-0.3, -0.25) is 14.5 Å². The fraction of sp³-hybridized carbons (Fsp3) is 0.409. The quantitative estimate of drug-likeness (QED) is 0.693. The molecule has 0 aromatic heterocycles. The summed E-state index contributed by atoms with van der Waals surface area (Å²) in [6, 6.07) is 6.94. The Morgan fingerprint density at radius 3 is 2.62 bits per heavy atom. The van der Waals surface area contributed by atoms with Gasteiger partial charge in [-0.2, -0.15) is 0 Å². The van der Waals surface area contributed by atoms with Gasteiger partial charge < -0.3 is 15.5 Å². The summed E-state index contributed by atoms with van der Waals surface area (Å²) >= 11 is 0. The van der Waals surface area contributed by atoms with Crippen molar-refractivity contribution in [1.82, 2.24) is 20.4 Å². The molecule has 0 spiro atoms. The van der Waals surface area contributed by atoms with Crippen LogP contribution in [0.4, 0.5) is 4.79 Å². The Balaban J connectivity index is 1.88. The van der Waals surface area contributed by atoms with Crippen LogP contribution in [0.2, 0.25) is 0 Å². The van der Waals surface area contributed by atoms with Crippen molar-refractivity contribution in [2.45, 2.75) is 26.8 Å². The lowest BCUT2D eigenvalue weighted by molar-refractivity contribution is -0.132. The Hall–Kier alpha value is -3.09. The Morgan fingerprint density at radius 2 is 2.00 bits per heavy atom. The van der Waals surface area contributed by atoms with E-state index in [1.807, 2.05) is 45.0 Å². The average Bonchev–Trinajstić information content (AvgIpc) is 2.99. The molecule has 1 atom stereocenters. The van der Waals surface area contributed by atoms with E-state index in [9.17, 15) is 14.4 Å². The van der Waals surface area contributed by atoms with E-state index in [2.05, 4.69) is 17.2 Å². The molecule has 7 heteroatoms. The predicted molar refractivity (Wildman–Crippen MR) is 111 cm³/mol. The van der Waals surface area contributed by atoms with Gasteiger partial charge in [0.15, 0.2) is 0 Å². The summed E-state index contributed by atoms with van der Waals surface area (Å²) < 4.78 is 0. The standard InChI is InChI=1S/C22H28N4O3/c1-5-10-26-17-12-25(13-18(27)23-11-14(2)3)21(28)19(17)20(24-22(26)29)16-8-6-15(4)7-9-16/h5-9,14,20H,1,10-13H2,2-4H3,(H,23,27)(H,24,29)/t20-/m0/s1. The molecule has 0 bridgehead atoms. The smallest absolute Gasteiger partial charge is 0.322 e. The van der Waals surface area contributed by atoms with E-state index in [0.717, 1.165) is 11.1 Å². The first-order valence-electron chi connectivity index (χ1n) is 9.86. The molecule has 3 rings (SSSR count). The van der Waals surface area contributed by atoms with Crippen molar-refractivity contribution in [1.29, 1.82) is 0 Å². The number of urea groups is 1. The van der Waals surface area contributed by atoms with Gasteiger partial charge in [-0.1, -0.05) is 49.8 Å². The van der Waals surface area contributed by atoms with Gasteiger partial charge in [-0.15, -0.1) is 6.58 Å². The third-order valence-electron chi connectivity index (χ3n) is 5.06. The molecule has 0 unspecified atom stereocenters. The number of rotatable bonds is 7. The molecule has 0 saturated carbocycles. The van der Waals surface area contributed by atoms with E-state index in [4.69, 9.17) is 0 Å². The van der Waals surface area contributed by atoms with E-state index < -0.39 is 6.04 Å². The van der Waals surface area contributed by atoms with Crippen LogP contribution in [0.25, 0.3) is 0 Å². The van der Waals surface area contributed by atoms with Gasteiger partial charge in [-0.05, 0) is 18.4 Å². The fourth-order valence-electron chi connectivity index (χ4n) is 3.55. The molecular formula is C22H28N4O3. The average molecular weight is 396 g/mol. The minimum absolute atomic E-state index is 0.0324. The molecule has 2 N–H and O–H groups in total. The third-order valence-corrected chi connectivity index (χ3v) is 5.06. The van der Waals surface area contributed by atoms with Crippen molar-refractivity contribution in [3.8, 4) is 0 Å². The molecule has 29 heavy (non-hydrogen) atoms. The van der Waals surface area contributed by atoms with Crippen molar-refractivity contribution in [3.63, 3.8) is 0 Å². The van der Waals surface area contributed by atoms with Crippen LogP contribution < -0.4 is 10.6 Å². The summed E-state index contributed by atoms with van der Waals surface area (Å²) in [5.74, 6) is -0.0944. The van der Waals surface area contributed by atoms with Crippen LogP contribution in [0.5, 0.6) is 0 Å². The Labute approximate surface area is 171 Å². The van der Waals surface area contributed by atoms with Gasteiger partial charge in [0.05, 0.1) is 23.9 Å². The second-order valence-corrected chi connectivity index (χ2v) is 7.91. The van der Waals surface area contributed by atoms with Gasteiger partial charge in [0.2, 0.25) is 5.91 Å². The molecule has 0 fully saturated rings. The SMILES string of the molecule is C=CCN1C(=O)N[C@@H](c2ccc(C)cc2)C2=C1CN(CC(=O)NCC(C)C)C2=O. The Morgan fingerprint density at radius 1 is 1.31 bits per heavy atom. The van der Waals surface area contributed by atoms with Crippen molar-refractivity contribution in [3.05, 3.63) is 59.3 Å². The number of aryl methyl sites for hydroxylation is 1. The second kappa shape index (κ2) is 8.51. The van der Waals surface area contributed by atoms with Crippen molar-refractivity contribution >= 4 is 17.8 Å². The molecule has 154 valence electrons. The maximum Gasteiger partial charge on any atom is 0.322 e. The van der Waals surface area contributed by atoms with E-state index in [-0.39, 0.29) is 30.9 Å². The molecule has 1 aromatic rings. The van der Waals surface area contributed by atoms with Gasteiger partial charge in [0, 0.05) is 13.1 Å². The number of hydrogen-bond donors (Lipinski definition) is 2. The summed E-state index contributed by atoms with van der Waals surface area (Å²) in [6.07, 6.45) is 1.62. The number of nitrogens with one attached hydrogen (secondary N) is 2. The van der Waals surface area contributed by atoms with Crippen LogP contribution in [-0.2, 0) is 9.59 Å². The van der Waals surface area contributed by atoms with Crippen molar-refractivity contribution in [2.75, 3.05) is 26.2 Å². The molecule has 2 aliphatic rings. The van der Waals surface area contributed by atoms with Crippen molar-refractivity contribution < 1.29 is 14.4 Å². The monoisotopic (exact) mass is 396 g/mol. The van der Waals surface area contributed by atoms with E-state index in [0.29, 0.717) is 30.3 Å². The minimum atomic E-state index is -0.532. The fourth-order valence-corrected chi connectivity index (χ4v) is 3.55. The Kier molecular flexibility index (Phi) is 6.06. The lowest BCUT2D eigenvalue weighted by Crippen LogP contribution is -2.47. The molecule has 4 amide bonds. The Bertz CT molecular complexity index is 857. The predicted octanol–water partition coefficient (Wildman–Crippen LogP) is 2.12. The lowest BCUT2D eigenvalue weighted by atomic mass is 9.95. The first kappa shape index (κ1) is 20.6. The zero-order chi connectivity index (χ0) is 21.1. The van der Waals surface area contributed by atoms with Crippen LogP contribution >= 0.6 is 0 Å². The van der Waals surface area contributed by atoms with Gasteiger partial charge in [0.25, 0.3) is 5.91 Å². The molecule has 0 saturated heterocycles. The zero-order valence-corrected chi connectivity index (χ0v) is 17.2. The highest BCUT2D eigenvalue weighted by Gasteiger charge is 2.44. The highest BCUT2D eigenvalue weighted by atomic mass is 16.2. The topological polar surface area (TPSA) is 81.8 Å². The van der Waals surface area contributed by atoms with Gasteiger partial charge >= 0.3 is 6.03 Å². The van der Waals surface area contributed by atoms with Crippen LogP contribution in [0.15, 0.2) is 48.2 Å². The molecule has 2 heterocycles. The first-order chi connectivity index (χ1) is 13.8. The van der Waals surface area contributed by atoms with Gasteiger partial charge in [0.1, 0.15) is 6.54 Å². The summed E-state index contributed by atoms with van der Waals surface area (Å²) in [5.41, 5.74) is 3.10. The van der Waals surface area contributed by atoms with Crippen LogP contribution in [0.3, 0.4) is 0 Å².